The fraction of sp³-hybridized carbons (Fsp3) is 0.429. The summed E-state index contributed by atoms with van der Waals surface area (Å²) >= 11 is 0. The van der Waals surface area contributed by atoms with Gasteiger partial charge in [0, 0.05) is 13.1 Å². The summed E-state index contributed by atoms with van der Waals surface area (Å²) in [6.07, 6.45) is -0.644. The molecule has 0 heterocycles. The lowest BCUT2D eigenvalue weighted by atomic mass is 10.1. The summed E-state index contributed by atoms with van der Waals surface area (Å²) in [5.41, 5.74) is 2.14. The Bertz CT molecular complexity index is 401. The van der Waals surface area contributed by atoms with Crippen molar-refractivity contribution in [1.82, 2.24) is 0 Å². The third-order valence-electron chi connectivity index (χ3n) is 2.64. The van der Waals surface area contributed by atoms with E-state index in [2.05, 4.69) is 6.58 Å². The van der Waals surface area contributed by atoms with E-state index in [9.17, 15) is 9.50 Å². The van der Waals surface area contributed by atoms with Crippen LogP contribution in [0.5, 0.6) is 0 Å². The van der Waals surface area contributed by atoms with E-state index in [0.717, 1.165) is 12.1 Å². The Hall–Kier alpha value is -1.35. The van der Waals surface area contributed by atoms with E-state index in [1.165, 1.54) is 6.07 Å². The predicted octanol–water partition coefficient (Wildman–Crippen LogP) is 3.28. The van der Waals surface area contributed by atoms with E-state index >= 15 is 0 Å². The maximum Gasteiger partial charge on any atom is 0.146 e. The number of hydrogen-bond donors (Lipinski definition) is 1. The van der Waals surface area contributed by atoms with Crippen LogP contribution in [-0.4, -0.2) is 18.2 Å². The molecule has 0 fully saturated rings. The van der Waals surface area contributed by atoms with E-state index < -0.39 is 6.10 Å². The van der Waals surface area contributed by atoms with Gasteiger partial charge in [-0.1, -0.05) is 18.2 Å². The molecular formula is C14H20FNO. The van der Waals surface area contributed by atoms with Crippen molar-refractivity contribution in [2.75, 3.05) is 18.0 Å². The Morgan fingerprint density at radius 1 is 1.53 bits per heavy atom. The second kappa shape index (κ2) is 5.82. The van der Waals surface area contributed by atoms with Gasteiger partial charge < -0.3 is 10.0 Å². The number of aliphatic hydroxyl groups is 1. The molecule has 1 atom stereocenters. The van der Waals surface area contributed by atoms with Crippen LogP contribution in [0.15, 0.2) is 30.4 Å². The van der Waals surface area contributed by atoms with Crippen molar-refractivity contribution >= 4 is 5.69 Å². The zero-order valence-corrected chi connectivity index (χ0v) is 10.7. The molecule has 17 heavy (non-hydrogen) atoms. The molecule has 1 rings (SSSR count). The molecule has 0 amide bonds. The number of rotatable bonds is 5. The fourth-order valence-corrected chi connectivity index (χ4v) is 1.73. The minimum Gasteiger partial charge on any atom is -0.389 e. The van der Waals surface area contributed by atoms with Gasteiger partial charge in [0.2, 0.25) is 0 Å². The van der Waals surface area contributed by atoms with Gasteiger partial charge in [0.15, 0.2) is 0 Å². The molecule has 0 aliphatic heterocycles. The number of benzene rings is 1. The van der Waals surface area contributed by atoms with Crippen LogP contribution in [-0.2, 0) is 0 Å². The molecule has 94 valence electrons. The number of anilines is 1. The average Bonchev–Trinajstić information content (AvgIpc) is 2.25. The average molecular weight is 237 g/mol. The first kappa shape index (κ1) is 13.7. The molecule has 0 saturated heterocycles. The maximum atomic E-state index is 13.9. The van der Waals surface area contributed by atoms with Gasteiger partial charge >= 0.3 is 0 Å². The Kier molecular flexibility index (Phi) is 4.70. The van der Waals surface area contributed by atoms with Crippen LogP contribution in [0.1, 0.15) is 32.4 Å². The molecule has 0 aliphatic carbocycles. The van der Waals surface area contributed by atoms with Crippen LogP contribution >= 0.6 is 0 Å². The Morgan fingerprint density at radius 3 is 2.59 bits per heavy atom. The van der Waals surface area contributed by atoms with Crippen molar-refractivity contribution in [1.29, 1.82) is 0 Å². The smallest absolute Gasteiger partial charge is 0.146 e. The topological polar surface area (TPSA) is 23.5 Å². The Balaban J connectivity index is 3.00. The van der Waals surface area contributed by atoms with Gasteiger partial charge in [0.1, 0.15) is 5.82 Å². The predicted molar refractivity (Wildman–Crippen MR) is 69.7 cm³/mol. The minimum absolute atomic E-state index is 0.300. The van der Waals surface area contributed by atoms with Crippen LogP contribution < -0.4 is 4.90 Å². The SMILES string of the molecule is C=C(C)CN(CC)c1ccc(C(C)O)cc1F. The number of halogens is 1. The molecule has 1 aromatic carbocycles. The summed E-state index contributed by atoms with van der Waals surface area (Å²) in [5.74, 6) is -0.300. The van der Waals surface area contributed by atoms with Gasteiger partial charge in [-0.3, -0.25) is 0 Å². The van der Waals surface area contributed by atoms with Gasteiger partial charge in [-0.2, -0.15) is 0 Å². The van der Waals surface area contributed by atoms with Crippen molar-refractivity contribution in [2.24, 2.45) is 0 Å². The summed E-state index contributed by atoms with van der Waals surface area (Å²) in [5, 5.41) is 9.39. The van der Waals surface area contributed by atoms with Crippen LogP contribution in [0.25, 0.3) is 0 Å². The van der Waals surface area contributed by atoms with Crippen LogP contribution in [0.4, 0.5) is 10.1 Å². The highest BCUT2D eigenvalue weighted by atomic mass is 19.1. The lowest BCUT2D eigenvalue weighted by Gasteiger charge is -2.24. The molecule has 0 aliphatic rings. The molecule has 0 bridgehead atoms. The maximum absolute atomic E-state index is 13.9. The Labute approximate surface area is 102 Å². The summed E-state index contributed by atoms with van der Waals surface area (Å²) < 4.78 is 13.9. The highest BCUT2D eigenvalue weighted by Gasteiger charge is 2.12. The normalized spacial score (nSPS) is 12.3. The fourth-order valence-electron chi connectivity index (χ4n) is 1.73. The highest BCUT2D eigenvalue weighted by molar-refractivity contribution is 5.50. The Morgan fingerprint density at radius 2 is 2.18 bits per heavy atom. The number of likely N-dealkylation sites (N-methyl/N-ethyl adjacent to an activating group) is 1. The molecule has 0 radical (unpaired) electrons. The van der Waals surface area contributed by atoms with E-state index in [4.69, 9.17) is 0 Å². The first-order valence-electron chi connectivity index (χ1n) is 5.82. The number of aliphatic hydroxyl groups excluding tert-OH is 1. The van der Waals surface area contributed by atoms with E-state index in [1.54, 1.807) is 19.1 Å². The molecule has 1 N–H and O–H groups in total. The summed E-state index contributed by atoms with van der Waals surface area (Å²) in [7, 11) is 0. The summed E-state index contributed by atoms with van der Waals surface area (Å²) in [4.78, 5) is 1.92. The third kappa shape index (κ3) is 3.56. The summed E-state index contributed by atoms with van der Waals surface area (Å²) in [6, 6.07) is 4.86. The molecular weight excluding hydrogens is 217 g/mol. The largest absolute Gasteiger partial charge is 0.389 e. The molecule has 0 saturated carbocycles. The standard InChI is InChI=1S/C14H20FNO/c1-5-16(9-10(2)3)14-7-6-12(11(4)17)8-13(14)15/h6-8,11,17H,2,5,9H2,1,3-4H3. The van der Waals surface area contributed by atoms with Gasteiger partial charge in [0.25, 0.3) is 0 Å². The van der Waals surface area contributed by atoms with Gasteiger partial charge in [-0.25, -0.2) is 4.39 Å². The van der Waals surface area contributed by atoms with Crippen molar-refractivity contribution in [3.05, 3.63) is 41.7 Å². The quantitative estimate of drug-likeness (QED) is 0.794. The van der Waals surface area contributed by atoms with E-state index in [1.807, 2.05) is 18.7 Å². The number of hydrogen-bond acceptors (Lipinski definition) is 2. The van der Waals surface area contributed by atoms with Gasteiger partial charge in [-0.05, 0) is 38.5 Å². The highest BCUT2D eigenvalue weighted by Crippen LogP contribution is 2.23. The molecule has 1 unspecified atom stereocenters. The monoisotopic (exact) mass is 237 g/mol. The first-order valence-corrected chi connectivity index (χ1v) is 5.82. The van der Waals surface area contributed by atoms with Crippen molar-refractivity contribution in [3.63, 3.8) is 0 Å². The van der Waals surface area contributed by atoms with Gasteiger partial charge in [-0.15, -0.1) is 0 Å². The zero-order chi connectivity index (χ0) is 13.0. The van der Waals surface area contributed by atoms with Crippen molar-refractivity contribution < 1.29 is 9.50 Å². The van der Waals surface area contributed by atoms with Crippen LogP contribution in [0.3, 0.4) is 0 Å². The molecule has 0 aromatic heterocycles. The van der Waals surface area contributed by atoms with E-state index in [0.29, 0.717) is 17.8 Å². The van der Waals surface area contributed by atoms with Crippen LogP contribution in [0, 0.1) is 5.82 Å². The van der Waals surface area contributed by atoms with Crippen molar-refractivity contribution in [2.45, 2.75) is 26.9 Å². The lowest BCUT2D eigenvalue weighted by Crippen LogP contribution is -2.25. The second-order valence-corrected chi connectivity index (χ2v) is 4.36. The molecule has 2 nitrogen and oxygen atoms in total. The van der Waals surface area contributed by atoms with Gasteiger partial charge in [0.05, 0.1) is 11.8 Å². The van der Waals surface area contributed by atoms with Crippen LogP contribution in [0.2, 0.25) is 0 Å². The lowest BCUT2D eigenvalue weighted by molar-refractivity contribution is 0.199. The minimum atomic E-state index is -0.644. The zero-order valence-electron chi connectivity index (χ0n) is 10.7. The van der Waals surface area contributed by atoms with E-state index in [-0.39, 0.29) is 5.82 Å². The molecule has 0 spiro atoms. The third-order valence-corrected chi connectivity index (χ3v) is 2.64. The molecule has 1 aromatic rings. The second-order valence-electron chi connectivity index (χ2n) is 4.36. The first-order chi connectivity index (χ1) is 7.95. The summed E-state index contributed by atoms with van der Waals surface area (Å²) in [6.45, 7) is 10.7. The molecule has 3 heteroatoms. The van der Waals surface area contributed by atoms with Crippen molar-refractivity contribution in [3.8, 4) is 0 Å². The number of nitrogens with zero attached hydrogens (tertiary/aromatic N) is 1.